The van der Waals surface area contributed by atoms with Crippen LogP contribution in [-0.2, 0) is 0 Å². The lowest BCUT2D eigenvalue weighted by Gasteiger charge is -2.45. The molecular formula is C16H12ClF3N2O3S. The van der Waals surface area contributed by atoms with Gasteiger partial charge in [0.05, 0.1) is 10.9 Å². The van der Waals surface area contributed by atoms with E-state index < -0.39 is 35.7 Å². The Balaban J connectivity index is 2.18. The van der Waals surface area contributed by atoms with E-state index in [2.05, 4.69) is 5.32 Å². The lowest BCUT2D eigenvalue weighted by molar-refractivity contribution is -0.287. The number of halogens is 4. The van der Waals surface area contributed by atoms with Gasteiger partial charge in [-0.05, 0) is 23.1 Å². The predicted octanol–water partition coefficient (Wildman–Crippen LogP) is 3.51. The largest absolute Gasteiger partial charge is 0.437 e. The minimum Gasteiger partial charge on any atom is -0.363 e. The number of rotatable bonds is 3. The van der Waals surface area contributed by atoms with E-state index in [-0.39, 0.29) is 15.5 Å². The average molecular weight is 405 g/mol. The van der Waals surface area contributed by atoms with E-state index >= 15 is 0 Å². The van der Waals surface area contributed by atoms with E-state index in [4.69, 9.17) is 11.6 Å². The van der Waals surface area contributed by atoms with Crippen molar-refractivity contribution in [3.63, 3.8) is 0 Å². The van der Waals surface area contributed by atoms with E-state index in [0.717, 1.165) is 11.3 Å². The summed E-state index contributed by atoms with van der Waals surface area (Å²) in [6, 6.07) is 6.00. The van der Waals surface area contributed by atoms with Crippen molar-refractivity contribution in [3.8, 4) is 0 Å². The number of amides is 2. The maximum Gasteiger partial charge on any atom is 0.437 e. The first-order valence-electron chi connectivity index (χ1n) is 7.35. The third-order valence-corrected chi connectivity index (χ3v) is 5.32. The number of nitrogens with one attached hydrogen (secondary N) is 2. The molecule has 2 aromatic rings. The fourth-order valence-corrected chi connectivity index (χ4v) is 3.85. The van der Waals surface area contributed by atoms with Gasteiger partial charge < -0.3 is 15.7 Å². The first-order valence-corrected chi connectivity index (χ1v) is 8.61. The number of thiophene rings is 1. The Morgan fingerprint density at radius 1 is 1.23 bits per heavy atom. The Morgan fingerprint density at radius 2 is 1.92 bits per heavy atom. The summed E-state index contributed by atoms with van der Waals surface area (Å²) >= 11 is 7.00. The Hall–Kier alpha value is -2.10. The van der Waals surface area contributed by atoms with Gasteiger partial charge in [-0.25, -0.2) is 4.79 Å². The van der Waals surface area contributed by atoms with Gasteiger partial charge in [-0.15, -0.1) is 11.3 Å². The van der Waals surface area contributed by atoms with Crippen LogP contribution in [0, 0.1) is 5.92 Å². The van der Waals surface area contributed by atoms with Crippen LogP contribution < -0.4 is 10.6 Å². The van der Waals surface area contributed by atoms with Crippen LogP contribution in [0.1, 0.15) is 21.3 Å². The van der Waals surface area contributed by atoms with Gasteiger partial charge in [0.1, 0.15) is 5.92 Å². The second-order valence-corrected chi connectivity index (χ2v) is 7.04. The van der Waals surface area contributed by atoms with Crippen LogP contribution >= 0.6 is 22.9 Å². The van der Waals surface area contributed by atoms with Crippen LogP contribution in [0.3, 0.4) is 0 Å². The molecule has 2 amide bonds. The number of carbonyl (C=O) groups excluding carboxylic acids is 2. The molecule has 1 fully saturated rings. The lowest BCUT2D eigenvalue weighted by atomic mass is 9.78. The molecule has 1 aromatic carbocycles. The third kappa shape index (κ3) is 3.06. The highest BCUT2D eigenvalue weighted by molar-refractivity contribution is 7.12. The highest BCUT2D eigenvalue weighted by Crippen LogP contribution is 2.45. The summed E-state index contributed by atoms with van der Waals surface area (Å²) in [6.07, 6.45) is -5.29. The minimum absolute atomic E-state index is 0.0210. The van der Waals surface area contributed by atoms with E-state index in [1.165, 1.54) is 41.0 Å². The van der Waals surface area contributed by atoms with Crippen molar-refractivity contribution in [2.45, 2.75) is 17.9 Å². The fraction of sp³-hybridized carbons (Fsp3) is 0.250. The lowest BCUT2D eigenvalue weighted by Crippen LogP contribution is -2.72. The van der Waals surface area contributed by atoms with Crippen LogP contribution in [-0.4, -0.2) is 28.8 Å². The minimum atomic E-state index is -5.29. The number of ketones is 1. The number of aliphatic hydroxyl groups is 1. The Bertz CT molecular complexity index is 844. The molecular weight excluding hydrogens is 393 g/mol. The maximum absolute atomic E-state index is 13.7. The molecule has 3 N–H and O–H groups in total. The highest BCUT2D eigenvalue weighted by atomic mass is 35.5. The standard InChI is InChI=1S/C16H12ClF3N2O3S/c17-9-5-2-1-4-8(9)12-11(13(23)10-6-3-7-26-10)15(25,16(18,19)20)22-14(24)21-12/h1-7,11-12,25H,(H2,21,22,24)/t11-,12-,15+/m1/s1. The number of benzene rings is 1. The highest BCUT2D eigenvalue weighted by Gasteiger charge is 2.66. The number of hydrogen-bond donors (Lipinski definition) is 3. The van der Waals surface area contributed by atoms with Crippen LogP contribution in [0.15, 0.2) is 41.8 Å². The SMILES string of the molecule is O=C1N[C@H](c2ccccc2Cl)[C@H](C(=O)c2cccs2)[C@](O)(C(F)(F)F)N1. The molecule has 0 bridgehead atoms. The van der Waals surface area contributed by atoms with Gasteiger partial charge in [-0.1, -0.05) is 35.9 Å². The van der Waals surface area contributed by atoms with E-state index in [1.54, 1.807) is 6.07 Å². The average Bonchev–Trinajstić information content (AvgIpc) is 3.07. The normalized spacial score (nSPS) is 26.1. The van der Waals surface area contributed by atoms with Crippen molar-refractivity contribution >= 4 is 34.8 Å². The van der Waals surface area contributed by atoms with Crippen molar-refractivity contribution in [3.05, 3.63) is 57.2 Å². The second kappa shape index (κ2) is 6.57. The first-order chi connectivity index (χ1) is 12.1. The summed E-state index contributed by atoms with van der Waals surface area (Å²) in [4.78, 5) is 24.7. The van der Waals surface area contributed by atoms with Gasteiger partial charge in [0.15, 0.2) is 5.78 Å². The monoisotopic (exact) mass is 404 g/mol. The maximum atomic E-state index is 13.7. The van der Waals surface area contributed by atoms with Crippen LogP contribution in [0.25, 0.3) is 0 Å². The van der Waals surface area contributed by atoms with Gasteiger partial charge in [0.25, 0.3) is 0 Å². The molecule has 3 atom stereocenters. The Kier molecular flexibility index (Phi) is 4.72. The molecule has 1 aromatic heterocycles. The molecule has 138 valence electrons. The molecule has 1 saturated heterocycles. The summed E-state index contributed by atoms with van der Waals surface area (Å²) in [5.74, 6) is -3.03. The number of carbonyl (C=O) groups is 2. The molecule has 2 heterocycles. The van der Waals surface area contributed by atoms with Crippen molar-refractivity contribution < 1.29 is 27.9 Å². The van der Waals surface area contributed by atoms with Gasteiger partial charge in [-0.3, -0.25) is 4.79 Å². The van der Waals surface area contributed by atoms with Gasteiger partial charge in [-0.2, -0.15) is 13.2 Å². The first kappa shape index (κ1) is 18.7. The molecule has 0 unspecified atom stereocenters. The predicted molar refractivity (Wildman–Crippen MR) is 89.0 cm³/mol. The summed E-state index contributed by atoms with van der Waals surface area (Å²) in [5, 5.41) is 15.7. The summed E-state index contributed by atoms with van der Waals surface area (Å²) < 4.78 is 41.0. The van der Waals surface area contributed by atoms with Gasteiger partial charge >= 0.3 is 12.2 Å². The molecule has 5 nitrogen and oxygen atoms in total. The van der Waals surface area contributed by atoms with Gasteiger partial charge in [0.2, 0.25) is 5.72 Å². The van der Waals surface area contributed by atoms with Gasteiger partial charge in [0, 0.05) is 5.02 Å². The quantitative estimate of drug-likeness (QED) is 0.685. The second-order valence-electron chi connectivity index (χ2n) is 5.68. The molecule has 1 aliphatic rings. The molecule has 10 heteroatoms. The summed E-state index contributed by atoms with van der Waals surface area (Å²) in [7, 11) is 0. The van der Waals surface area contributed by atoms with Crippen molar-refractivity contribution in [1.82, 2.24) is 10.6 Å². The third-order valence-electron chi connectivity index (χ3n) is 4.09. The number of urea groups is 1. The molecule has 3 rings (SSSR count). The fourth-order valence-electron chi connectivity index (χ4n) is 2.90. The molecule has 1 aliphatic heterocycles. The Morgan fingerprint density at radius 3 is 2.50 bits per heavy atom. The topological polar surface area (TPSA) is 78.4 Å². The Labute approximate surface area is 154 Å². The number of alkyl halides is 3. The zero-order valence-corrected chi connectivity index (χ0v) is 14.5. The van der Waals surface area contributed by atoms with Crippen LogP contribution in [0.4, 0.5) is 18.0 Å². The molecule has 0 aliphatic carbocycles. The van der Waals surface area contributed by atoms with Crippen molar-refractivity contribution in [2.75, 3.05) is 0 Å². The van der Waals surface area contributed by atoms with Crippen molar-refractivity contribution in [2.24, 2.45) is 5.92 Å². The van der Waals surface area contributed by atoms with Crippen molar-refractivity contribution in [1.29, 1.82) is 0 Å². The number of hydrogen-bond acceptors (Lipinski definition) is 4. The molecule has 26 heavy (non-hydrogen) atoms. The summed E-state index contributed by atoms with van der Waals surface area (Å²) in [5.41, 5.74) is -3.65. The molecule has 0 radical (unpaired) electrons. The smallest absolute Gasteiger partial charge is 0.363 e. The number of Topliss-reactive ketones (excluding diaryl/α,β-unsaturated/α-hetero) is 1. The van der Waals surface area contributed by atoms with E-state index in [9.17, 15) is 27.9 Å². The molecule has 0 spiro atoms. The van der Waals surface area contributed by atoms with E-state index in [1.807, 2.05) is 0 Å². The van der Waals surface area contributed by atoms with E-state index in [0.29, 0.717) is 0 Å². The van der Waals surface area contributed by atoms with Crippen LogP contribution in [0.2, 0.25) is 5.02 Å². The zero-order valence-electron chi connectivity index (χ0n) is 12.9. The van der Waals surface area contributed by atoms with Crippen LogP contribution in [0.5, 0.6) is 0 Å². The molecule has 0 saturated carbocycles. The summed E-state index contributed by atoms with van der Waals surface area (Å²) in [6.45, 7) is 0. The zero-order chi connectivity index (χ0) is 19.1.